The summed E-state index contributed by atoms with van der Waals surface area (Å²) in [5, 5.41) is 5.75. The Bertz CT molecular complexity index is 909. The molecule has 6 nitrogen and oxygen atoms in total. The Morgan fingerprint density at radius 3 is 2.54 bits per heavy atom. The number of nitrogens with one attached hydrogen (secondary N) is 1. The van der Waals surface area contributed by atoms with Gasteiger partial charge in [0.05, 0.1) is 10.7 Å². The molecule has 0 saturated carbocycles. The summed E-state index contributed by atoms with van der Waals surface area (Å²) >= 11 is 1.57. The number of nitrogens with zero attached hydrogens (tertiary/aromatic N) is 2. The third kappa shape index (κ3) is 3.21. The average molecular weight is 340 g/mol. The number of hydrogen-bond acceptors (Lipinski definition) is 4. The number of primary amides is 1. The van der Waals surface area contributed by atoms with Gasteiger partial charge in [0.2, 0.25) is 5.91 Å². The summed E-state index contributed by atoms with van der Waals surface area (Å²) in [4.78, 5) is 28.0. The van der Waals surface area contributed by atoms with Gasteiger partial charge in [-0.25, -0.2) is 4.98 Å². The molecule has 3 aromatic rings. The minimum absolute atomic E-state index is 0.234. The minimum atomic E-state index is -0.501. The number of nitrogens with two attached hydrogens (primary N) is 1. The highest BCUT2D eigenvalue weighted by Crippen LogP contribution is 2.24. The maximum atomic E-state index is 12.5. The fraction of sp³-hybridized carbons (Fsp3) is 0.118. The van der Waals surface area contributed by atoms with E-state index in [9.17, 15) is 9.59 Å². The molecule has 3 N–H and O–H groups in total. The quantitative estimate of drug-likeness (QED) is 0.765. The normalized spacial score (nSPS) is 10.6. The third-order valence-corrected chi connectivity index (χ3v) is 4.35. The molecule has 0 spiro atoms. The number of carbonyl (C=O) groups excluding carboxylic acids is 2. The average Bonchev–Trinajstić information content (AvgIpc) is 3.13. The highest BCUT2D eigenvalue weighted by Gasteiger charge is 2.14. The number of aryl methyl sites for hydroxylation is 2. The standard InChI is InChI=1S/C17H16N4O2S/c1-10-19-14(9-24-10)12-7-15(21(2)8-12)17(23)20-13-5-3-11(4-6-13)16(18)22/h3-9H,1-2H3,(H2,18,22)(H,20,23). The molecule has 0 aliphatic carbocycles. The van der Waals surface area contributed by atoms with Gasteiger partial charge in [0.25, 0.3) is 5.91 Å². The molecular formula is C17H16N4O2S. The Hall–Kier alpha value is -2.93. The van der Waals surface area contributed by atoms with Crippen LogP contribution in [0.25, 0.3) is 11.3 Å². The van der Waals surface area contributed by atoms with Crippen LogP contribution in [0, 0.1) is 6.92 Å². The van der Waals surface area contributed by atoms with Crippen molar-refractivity contribution < 1.29 is 9.59 Å². The molecule has 0 fully saturated rings. The lowest BCUT2D eigenvalue weighted by atomic mass is 10.2. The molecule has 0 radical (unpaired) electrons. The highest BCUT2D eigenvalue weighted by molar-refractivity contribution is 7.09. The zero-order valence-electron chi connectivity index (χ0n) is 13.2. The number of amides is 2. The van der Waals surface area contributed by atoms with Gasteiger partial charge in [-0.15, -0.1) is 11.3 Å². The van der Waals surface area contributed by atoms with Gasteiger partial charge in [-0.05, 0) is 37.3 Å². The second-order valence-corrected chi connectivity index (χ2v) is 6.43. The van der Waals surface area contributed by atoms with Gasteiger partial charge in [0.1, 0.15) is 5.69 Å². The molecular weight excluding hydrogens is 324 g/mol. The van der Waals surface area contributed by atoms with Gasteiger partial charge >= 0.3 is 0 Å². The first-order chi connectivity index (χ1) is 11.4. The monoisotopic (exact) mass is 340 g/mol. The lowest BCUT2D eigenvalue weighted by Gasteiger charge is -2.06. The van der Waals surface area contributed by atoms with E-state index in [0.29, 0.717) is 16.9 Å². The molecule has 122 valence electrons. The van der Waals surface area contributed by atoms with Crippen LogP contribution in [0.2, 0.25) is 0 Å². The van der Waals surface area contributed by atoms with Crippen molar-refractivity contribution in [3.05, 3.63) is 58.2 Å². The molecule has 0 aliphatic heterocycles. The van der Waals surface area contributed by atoms with E-state index in [4.69, 9.17) is 5.73 Å². The Morgan fingerprint density at radius 2 is 1.96 bits per heavy atom. The van der Waals surface area contributed by atoms with Crippen LogP contribution in [0.1, 0.15) is 25.9 Å². The van der Waals surface area contributed by atoms with Crippen LogP contribution in [0.15, 0.2) is 41.9 Å². The summed E-state index contributed by atoms with van der Waals surface area (Å²) in [7, 11) is 1.81. The molecule has 2 amide bonds. The molecule has 0 bridgehead atoms. The molecule has 7 heteroatoms. The largest absolute Gasteiger partial charge is 0.366 e. The van der Waals surface area contributed by atoms with Crippen LogP contribution in [-0.4, -0.2) is 21.4 Å². The zero-order valence-corrected chi connectivity index (χ0v) is 14.1. The third-order valence-electron chi connectivity index (χ3n) is 3.58. The first-order valence-electron chi connectivity index (χ1n) is 7.24. The SMILES string of the molecule is Cc1nc(-c2cc(C(=O)Nc3ccc(C(N)=O)cc3)n(C)c2)cs1. The number of rotatable bonds is 4. The second kappa shape index (κ2) is 6.29. The summed E-state index contributed by atoms with van der Waals surface area (Å²) in [6.45, 7) is 1.94. The molecule has 3 rings (SSSR count). The van der Waals surface area contributed by atoms with Crippen LogP contribution in [0.4, 0.5) is 5.69 Å². The minimum Gasteiger partial charge on any atom is -0.366 e. The fourth-order valence-electron chi connectivity index (χ4n) is 2.34. The number of thiazole rings is 1. The second-order valence-electron chi connectivity index (χ2n) is 5.37. The van der Waals surface area contributed by atoms with Gasteiger partial charge in [0.15, 0.2) is 0 Å². The van der Waals surface area contributed by atoms with Crippen LogP contribution in [0.3, 0.4) is 0 Å². The van der Waals surface area contributed by atoms with Crippen molar-refractivity contribution in [2.45, 2.75) is 6.92 Å². The molecule has 1 aromatic carbocycles. The van der Waals surface area contributed by atoms with Gasteiger partial charge < -0.3 is 15.6 Å². The van der Waals surface area contributed by atoms with E-state index in [2.05, 4.69) is 10.3 Å². The van der Waals surface area contributed by atoms with Gasteiger partial charge in [0, 0.05) is 35.4 Å². The van der Waals surface area contributed by atoms with Gasteiger partial charge in [-0.2, -0.15) is 0 Å². The number of aromatic nitrogens is 2. The number of anilines is 1. The summed E-state index contributed by atoms with van der Waals surface area (Å²) in [5.74, 6) is -0.735. The van der Waals surface area contributed by atoms with E-state index in [1.165, 1.54) is 0 Å². The van der Waals surface area contributed by atoms with Crippen LogP contribution in [-0.2, 0) is 7.05 Å². The van der Waals surface area contributed by atoms with E-state index in [-0.39, 0.29) is 5.91 Å². The van der Waals surface area contributed by atoms with Crippen molar-refractivity contribution in [1.29, 1.82) is 0 Å². The predicted molar refractivity (Wildman–Crippen MR) is 94.2 cm³/mol. The maximum Gasteiger partial charge on any atom is 0.272 e. The summed E-state index contributed by atoms with van der Waals surface area (Å²) in [6, 6.07) is 8.25. The lowest BCUT2D eigenvalue weighted by molar-refractivity contribution is 0.0997. The van der Waals surface area contributed by atoms with E-state index >= 15 is 0 Å². The predicted octanol–water partition coefficient (Wildman–Crippen LogP) is 2.81. The summed E-state index contributed by atoms with van der Waals surface area (Å²) in [5.41, 5.74) is 8.47. The zero-order chi connectivity index (χ0) is 17.3. The Balaban J connectivity index is 1.80. The topological polar surface area (TPSA) is 90.0 Å². The molecule has 2 aromatic heterocycles. The molecule has 0 saturated heterocycles. The van der Waals surface area contributed by atoms with Crippen molar-refractivity contribution in [1.82, 2.24) is 9.55 Å². The molecule has 0 atom stereocenters. The van der Waals surface area contributed by atoms with Crippen molar-refractivity contribution in [3.8, 4) is 11.3 Å². The first-order valence-corrected chi connectivity index (χ1v) is 8.12. The highest BCUT2D eigenvalue weighted by atomic mass is 32.1. The Labute approximate surface area is 142 Å². The molecule has 2 heterocycles. The Kier molecular flexibility index (Phi) is 4.18. The van der Waals surface area contributed by atoms with Crippen molar-refractivity contribution in [2.75, 3.05) is 5.32 Å². The van der Waals surface area contributed by atoms with E-state index in [0.717, 1.165) is 16.3 Å². The number of carbonyl (C=O) groups is 2. The van der Waals surface area contributed by atoms with Crippen LogP contribution in [0.5, 0.6) is 0 Å². The first kappa shape index (κ1) is 15.9. The van der Waals surface area contributed by atoms with E-state index < -0.39 is 5.91 Å². The fourth-order valence-corrected chi connectivity index (χ4v) is 2.96. The molecule has 0 aliphatic rings. The number of benzene rings is 1. The van der Waals surface area contributed by atoms with Gasteiger partial charge in [-0.3, -0.25) is 9.59 Å². The molecule has 24 heavy (non-hydrogen) atoms. The van der Waals surface area contributed by atoms with Gasteiger partial charge in [-0.1, -0.05) is 0 Å². The van der Waals surface area contributed by atoms with Crippen molar-refractivity contribution in [2.24, 2.45) is 12.8 Å². The smallest absolute Gasteiger partial charge is 0.272 e. The van der Waals surface area contributed by atoms with Crippen LogP contribution < -0.4 is 11.1 Å². The molecule has 0 unspecified atom stereocenters. The summed E-state index contributed by atoms with van der Waals surface area (Å²) in [6.07, 6.45) is 1.87. The van der Waals surface area contributed by atoms with E-state index in [1.807, 2.05) is 31.6 Å². The lowest BCUT2D eigenvalue weighted by Crippen LogP contribution is -2.15. The maximum absolute atomic E-state index is 12.5. The van der Waals surface area contributed by atoms with Crippen molar-refractivity contribution in [3.63, 3.8) is 0 Å². The van der Waals surface area contributed by atoms with E-state index in [1.54, 1.807) is 40.2 Å². The van der Waals surface area contributed by atoms with Crippen molar-refractivity contribution >= 4 is 28.8 Å². The number of hydrogen-bond donors (Lipinski definition) is 2. The van der Waals surface area contributed by atoms with Crippen LogP contribution >= 0.6 is 11.3 Å². The Morgan fingerprint density at radius 1 is 1.25 bits per heavy atom. The summed E-state index contributed by atoms with van der Waals surface area (Å²) < 4.78 is 1.76.